The molecule has 240 valence electrons. The third-order valence-corrected chi connectivity index (χ3v) is 11.8. The number of para-hydroxylation sites is 2. The van der Waals surface area contributed by atoms with Crippen molar-refractivity contribution in [1.82, 2.24) is 4.57 Å². The molecule has 0 saturated heterocycles. The van der Waals surface area contributed by atoms with Gasteiger partial charge >= 0.3 is 0 Å². The van der Waals surface area contributed by atoms with Crippen LogP contribution in [0.3, 0.4) is 0 Å². The Morgan fingerprint density at radius 3 is 1.84 bits per heavy atom. The van der Waals surface area contributed by atoms with Gasteiger partial charge in [0, 0.05) is 74.1 Å². The van der Waals surface area contributed by atoms with Crippen molar-refractivity contribution in [2.24, 2.45) is 9.98 Å². The standard InChI is InChI=1S/C45H28N4S2/c46-44(29-13-5-2-6-14-29)48-45(47-27-28-11-3-1-4-12-28)30-19-22-40-35(23-30)37-25-36-34-21-20-31(24-41(34)51-42(36)26-43(37)50-40)49-38-17-9-7-15-32(38)33-16-8-10-18-39(33)49/h1-27,46H. The van der Waals surface area contributed by atoms with E-state index < -0.39 is 0 Å². The molecule has 3 aromatic heterocycles. The molecule has 3 heterocycles. The van der Waals surface area contributed by atoms with Gasteiger partial charge in [0.15, 0.2) is 11.7 Å². The van der Waals surface area contributed by atoms with Crippen LogP contribution in [0.1, 0.15) is 16.7 Å². The van der Waals surface area contributed by atoms with E-state index in [1.54, 1.807) is 0 Å². The number of aromatic nitrogens is 1. The summed E-state index contributed by atoms with van der Waals surface area (Å²) in [4.78, 5) is 9.60. The average molecular weight is 689 g/mol. The predicted octanol–water partition coefficient (Wildman–Crippen LogP) is 12.4. The van der Waals surface area contributed by atoms with E-state index in [0.29, 0.717) is 5.84 Å². The minimum Gasteiger partial charge on any atom is -0.309 e. The topological polar surface area (TPSA) is 53.5 Å². The average Bonchev–Trinajstić information content (AvgIpc) is 3.84. The van der Waals surface area contributed by atoms with Crippen molar-refractivity contribution < 1.29 is 0 Å². The molecule has 0 radical (unpaired) electrons. The summed E-state index contributed by atoms with van der Waals surface area (Å²) in [6.07, 6.45) is 1.82. The van der Waals surface area contributed by atoms with E-state index >= 15 is 0 Å². The Hall–Kier alpha value is -6.21. The van der Waals surface area contributed by atoms with E-state index in [1.165, 1.54) is 67.8 Å². The normalized spacial score (nSPS) is 12.4. The van der Waals surface area contributed by atoms with Gasteiger partial charge in [-0.15, -0.1) is 22.7 Å². The second-order valence-electron chi connectivity index (χ2n) is 12.6. The van der Waals surface area contributed by atoms with Crippen LogP contribution in [-0.4, -0.2) is 22.5 Å². The zero-order chi connectivity index (χ0) is 33.9. The van der Waals surface area contributed by atoms with E-state index in [-0.39, 0.29) is 5.84 Å². The Morgan fingerprint density at radius 1 is 0.490 bits per heavy atom. The van der Waals surface area contributed by atoms with Gasteiger partial charge in [0.2, 0.25) is 0 Å². The Labute approximate surface area is 301 Å². The highest BCUT2D eigenvalue weighted by Crippen LogP contribution is 2.43. The smallest absolute Gasteiger partial charge is 0.161 e. The number of fused-ring (bicyclic) bond motifs is 9. The van der Waals surface area contributed by atoms with Gasteiger partial charge < -0.3 is 4.57 Å². The molecule has 4 nitrogen and oxygen atoms in total. The minimum atomic E-state index is 0.179. The Morgan fingerprint density at radius 2 is 1.10 bits per heavy atom. The molecule has 6 heteroatoms. The number of rotatable bonds is 4. The van der Waals surface area contributed by atoms with E-state index in [4.69, 9.17) is 15.4 Å². The van der Waals surface area contributed by atoms with Crippen LogP contribution in [0.25, 0.3) is 67.8 Å². The molecule has 1 N–H and O–H groups in total. The van der Waals surface area contributed by atoms with Gasteiger partial charge in [0.1, 0.15) is 0 Å². The molecular formula is C45H28N4S2. The van der Waals surface area contributed by atoms with Gasteiger partial charge in [-0.3, -0.25) is 5.41 Å². The highest BCUT2D eigenvalue weighted by atomic mass is 32.1. The largest absolute Gasteiger partial charge is 0.309 e. The fourth-order valence-electron chi connectivity index (χ4n) is 7.12. The summed E-state index contributed by atoms with van der Waals surface area (Å²) in [7, 11) is 0. The maximum atomic E-state index is 8.79. The highest BCUT2D eigenvalue weighted by molar-refractivity contribution is 7.28. The first-order chi connectivity index (χ1) is 25.2. The number of hydrogen-bond acceptors (Lipinski definition) is 3. The van der Waals surface area contributed by atoms with E-state index in [9.17, 15) is 0 Å². The molecule has 0 spiro atoms. The van der Waals surface area contributed by atoms with Gasteiger partial charge in [0.05, 0.1) is 11.0 Å². The predicted molar refractivity (Wildman–Crippen MR) is 220 cm³/mol. The Kier molecular flexibility index (Phi) is 6.98. The number of nitrogens with one attached hydrogen (secondary N) is 1. The molecule has 0 atom stereocenters. The van der Waals surface area contributed by atoms with Crippen molar-refractivity contribution >= 4 is 103 Å². The molecule has 0 aliphatic heterocycles. The second-order valence-corrected chi connectivity index (χ2v) is 14.8. The lowest BCUT2D eigenvalue weighted by Gasteiger charge is -2.08. The van der Waals surface area contributed by atoms with Crippen molar-refractivity contribution in [3.8, 4) is 5.69 Å². The van der Waals surface area contributed by atoms with Gasteiger partial charge in [-0.25, -0.2) is 9.98 Å². The minimum absolute atomic E-state index is 0.179. The van der Waals surface area contributed by atoms with Gasteiger partial charge in [0.25, 0.3) is 0 Å². The van der Waals surface area contributed by atoms with Crippen molar-refractivity contribution in [1.29, 1.82) is 5.41 Å². The first kappa shape index (κ1) is 29.7. The molecule has 0 aliphatic rings. The molecule has 0 unspecified atom stereocenters. The number of thiophene rings is 2. The van der Waals surface area contributed by atoms with Crippen LogP contribution in [0.15, 0.2) is 168 Å². The molecule has 51 heavy (non-hydrogen) atoms. The Bertz CT molecular complexity index is 2980. The zero-order valence-electron chi connectivity index (χ0n) is 27.2. The fraction of sp³-hybridized carbons (Fsp3) is 0. The number of aliphatic imine (C=N–C) groups is 2. The monoisotopic (exact) mass is 688 g/mol. The third kappa shape index (κ3) is 5.07. The first-order valence-corrected chi connectivity index (χ1v) is 18.4. The van der Waals surface area contributed by atoms with Gasteiger partial charge in [-0.05, 0) is 60.2 Å². The fourth-order valence-corrected chi connectivity index (χ4v) is 9.47. The molecule has 10 rings (SSSR count). The van der Waals surface area contributed by atoms with Crippen molar-refractivity contribution in [2.45, 2.75) is 0 Å². The molecule has 0 saturated carbocycles. The van der Waals surface area contributed by atoms with E-state index in [0.717, 1.165) is 16.7 Å². The maximum Gasteiger partial charge on any atom is 0.161 e. The lowest BCUT2D eigenvalue weighted by Crippen LogP contribution is -2.04. The summed E-state index contributed by atoms with van der Waals surface area (Å²) in [6.45, 7) is 0. The van der Waals surface area contributed by atoms with Gasteiger partial charge in [-0.2, -0.15) is 0 Å². The summed E-state index contributed by atoms with van der Waals surface area (Å²) in [5.74, 6) is 0.686. The van der Waals surface area contributed by atoms with Crippen LogP contribution in [0.2, 0.25) is 0 Å². The molecule has 0 amide bonds. The van der Waals surface area contributed by atoms with Crippen LogP contribution in [0.5, 0.6) is 0 Å². The van der Waals surface area contributed by atoms with Crippen LogP contribution in [0.4, 0.5) is 0 Å². The maximum absolute atomic E-state index is 8.79. The molecule has 0 bridgehead atoms. The third-order valence-electron chi connectivity index (χ3n) is 9.54. The van der Waals surface area contributed by atoms with Crippen molar-refractivity contribution in [2.75, 3.05) is 0 Å². The van der Waals surface area contributed by atoms with Crippen molar-refractivity contribution in [3.05, 3.63) is 174 Å². The van der Waals surface area contributed by atoms with Crippen LogP contribution in [-0.2, 0) is 0 Å². The number of amidine groups is 2. The molecule has 7 aromatic carbocycles. The highest BCUT2D eigenvalue weighted by Gasteiger charge is 2.16. The summed E-state index contributed by atoms with van der Waals surface area (Å²) < 4.78 is 7.42. The summed E-state index contributed by atoms with van der Waals surface area (Å²) in [6, 6.07) is 55.0. The lowest BCUT2D eigenvalue weighted by atomic mass is 10.1. The van der Waals surface area contributed by atoms with Crippen molar-refractivity contribution in [3.63, 3.8) is 0 Å². The van der Waals surface area contributed by atoms with Crippen LogP contribution in [0, 0.1) is 5.41 Å². The zero-order valence-corrected chi connectivity index (χ0v) is 28.9. The first-order valence-electron chi connectivity index (χ1n) is 16.8. The SMILES string of the molecule is N=C(N=C(N=Cc1ccccc1)c1ccc2sc3cc4sc5cc(-n6c7ccccc7c7ccccc76)ccc5c4cc3c2c1)c1ccccc1. The Balaban J connectivity index is 1.10. The molecular weight excluding hydrogens is 661 g/mol. The summed E-state index contributed by atoms with van der Waals surface area (Å²) in [5.41, 5.74) is 6.22. The quantitative estimate of drug-likeness (QED) is 0.141. The van der Waals surface area contributed by atoms with E-state index in [2.05, 4.69) is 102 Å². The number of hydrogen-bond donors (Lipinski definition) is 1. The molecule has 10 aromatic rings. The van der Waals surface area contributed by atoms with Crippen LogP contribution < -0.4 is 0 Å². The summed E-state index contributed by atoms with van der Waals surface area (Å²) in [5, 5.41) is 16.3. The van der Waals surface area contributed by atoms with E-state index in [1.807, 2.05) is 89.6 Å². The summed E-state index contributed by atoms with van der Waals surface area (Å²) >= 11 is 3.67. The number of nitrogens with zero attached hydrogens (tertiary/aromatic N) is 3. The number of benzene rings is 7. The molecule has 0 aliphatic carbocycles. The second kappa shape index (κ2) is 12.0. The van der Waals surface area contributed by atoms with Crippen LogP contribution >= 0.6 is 22.7 Å². The molecule has 0 fully saturated rings. The van der Waals surface area contributed by atoms with Gasteiger partial charge in [-0.1, -0.05) is 103 Å². The lowest BCUT2D eigenvalue weighted by molar-refractivity contribution is 1.19.